The number of hydrogen-bond donors (Lipinski definition) is 2. The van der Waals surface area contributed by atoms with E-state index >= 15 is 0 Å². The summed E-state index contributed by atoms with van der Waals surface area (Å²) < 4.78 is 6.52. The highest BCUT2D eigenvalue weighted by Crippen LogP contribution is 2.36. The Bertz CT molecular complexity index is 1390. The zero-order valence-electron chi connectivity index (χ0n) is 15.9. The van der Waals surface area contributed by atoms with E-state index in [4.69, 9.17) is 4.42 Å². The second-order valence-electron chi connectivity index (χ2n) is 6.61. The minimum Gasteiger partial charge on any atom is -0.494 e. The maximum absolute atomic E-state index is 13.2. The van der Waals surface area contributed by atoms with Crippen molar-refractivity contribution in [2.45, 2.75) is 0 Å². The van der Waals surface area contributed by atoms with E-state index in [1.54, 1.807) is 54.1 Å². The first-order chi connectivity index (χ1) is 15.1. The number of carbonyl (C=O) groups is 2. The molecule has 4 heterocycles. The predicted molar refractivity (Wildman–Crippen MR) is 116 cm³/mol. The van der Waals surface area contributed by atoms with Crippen molar-refractivity contribution in [3.05, 3.63) is 83.3 Å². The van der Waals surface area contributed by atoms with E-state index in [9.17, 15) is 14.7 Å². The number of carbonyl (C=O) groups excluding carboxylic acids is 2. The van der Waals surface area contributed by atoms with Crippen molar-refractivity contribution in [3.63, 3.8) is 0 Å². The van der Waals surface area contributed by atoms with Crippen LogP contribution < -0.4 is 5.32 Å². The number of nitrogens with one attached hydrogen (secondary N) is 1. The molecule has 0 aliphatic rings. The molecule has 0 bridgehead atoms. The first-order valence-electron chi connectivity index (χ1n) is 9.19. The molecule has 0 spiro atoms. The number of benzene rings is 1. The molecule has 0 unspecified atom stereocenters. The third-order valence-corrected chi connectivity index (χ3v) is 5.60. The number of nitrogens with zero attached hydrogens (tertiary/aromatic N) is 3. The zero-order chi connectivity index (χ0) is 21.4. The molecule has 0 saturated heterocycles. The van der Waals surface area contributed by atoms with Gasteiger partial charge in [0.15, 0.2) is 0 Å². The van der Waals surface area contributed by atoms with Gasteiger partial charge in [-0.05, 0) is 41.8 Å². The Labute approximate surface area is 179 Å². The van der Waals surface area contributed by atoms with Crippen molar-refractivity contribution in [1.29, 1.82) is 0 Å². The van der Waals surface area contributed by atoms with E-state index in [2.05, 4.69) is 15.3 Å². The summed E-state index contributed by atoms with van der Waals surface area (Å²) in [5, 5.41) is 15.8. The zero-order valence-corrected chi connectivity index (χ0v) is 16.7. The summed E-state index contributed by atoms with van der Waals surface area (Å²) in [5.41, 5.74) is 1.49. The van der Waals surface area contributed by atoms with E-state index in [1.165, 1.54) is 30.1 Å². The van der Waals surface area contributed by atoms with Crippen LogP contribution in [0, 0.1) is 0 Å². The molecule has 0 atom stereocenters. The fourth-order valence-corrected chi connectivity index (χ4v) is 4.05. The lowest BCUT2D eigenvalue weighted by atomic mass is 10.0. The van der Waals surface area contributed by atoms with Crippen LogP contribution >= 0.6 is 11.3 Å². The fraction of sp³-hybridized carbons (Fsp3) is 0. The molecule has 0 saturated carbocycles. The van der Waals surface area contributed by atoms with E-state index in [0.29, 0.717) is 32.8 Å². The monoisotopic (exact) mass is 430 g/mol. The van der Waals surface area contributed by atoms with Gasteiger partial charge in [-0.3, -0.25) is 4.79 Å². The molecule has 2 N–H and O–H groups in total. The van der Waals surface area contributed by atoms with Gasteiger partial charge in [0.2, 0.25) is 11.7 Å². The van der Waals surface area contributed by atoms with Gasteiger partial charge in [0.25, 0.3) is 0 Å². The highest BCUT2D eigenvalue weighted by atomic mass is 32.1. The number of ketones is 1. The summed E-state index contributed by atoms with van der Waals surface area (Å²) in [5.74, 6) is -0.211. The highest BCUT2D eigenvalue weighted by molar-refractivity contribution is 7.12. The Morgan fingerprint density at radius 3 is 2.65 bits per heavy atom. The van der Waals surface area contributed by atoms with E-state index in [-0.39, 0.29) is 11.3 Å². The Morgan fingerprint density at radius 1 is 1.10 bits per heavy atom. The van der Waals surface area contributed by atoms with Crippen LogP contribution in [0.5, 0.6) is 5.88 Å². The van der Waals surface area contributed by atoms with Gasteiger partial charge in [0.05, 0.1) is 40.3 Å². The maximum atomic E-state index is 13.2. The smallest absolute Gasteiger partial charge is 0.333 e. The van der Waals surface area contributed by atoms with Crippen LogP contribution in [-0.2, 0) is 0 Å². The van der Waals surface area contributed by atoms with Gasteiger partial charge in [-0.25, -0.2) is 19.3 Å². The summed E-state index contributed by atoms with van der Waals surface area (Å²) >= 11 is 1.26. The van der Waals surface area contributed by atoms with Crippen LogP contribution in [-0.4, -0.2) is 31.5 Å². The normalized spacial score (nSPS) is 11.0. The summed E-state index contributed by atoms with van der Waals surface area (Å²) in [6, 6.07) is 11.5. The molecule has 1 amide bonds. The maximum Gasteiger partial charge on any atom is 0.333 e. The van der Waals surface area contributed by atoms with Crippen LogP contribution in [0.3, 0.4) is 0 Å². The average Bonchev–Trinajstić information content (AvgIpc) is 3.53. The molecular weight excluding hydrogens is 416 g/mol. The van der Waals surface area contributed by atoms with Crippen molar-refractivity contribution in [3.8, 4) is 17.2 Å². The van der Waals surface area contributed by atoms with Crippen molar-refractivity contribution < 1.29 is 19.1 Å². The third kappa shape index (κ3) is 3.26. The van der Waals surface area contributed by atoms with Crippen molar-refractivity contribution in [1.82, 2.24) is 14.5 Å². The molecule has 5 aromatic rings. The molecule has 0 fully saturated rings. The van der Waals surface area contributed by atoms with Gasteiger partial charge in [-0.1, -0.05) is 6.07 Å². The Kier molecular flexibility index (Phi) is 4.57. The molecule has 8 nitrogen and oxygen atoms in total. The molecule has 0 radical (unpaired) electrons. The van der Waals surface area contributed by atoms with Gasteiger partial charge in [-0.2, -0.15) is 0 Å². The molecule has 9 heteroatoms. The van der Waals surface area contributed by atoms with Gasteiger partial charge in [0, 0.05) is 10.9 Å². The lowest BCUT2D eigenvalue weighted by Crippen LogP contribution is -2.19. The Hall–Kier alpha value is -4.24. The minimum atomic E-state index is -0.645. The molecule has 0 aliphatic heterocycles. The van der Waals surface area contributed by atoms with Crippen LogP contribution in [0.15, 0.2) is 77.2 Å². The topological polar surface area (TPSA) is 110 Å². The molecule has 152 valence electrons. The van der Waals surface area contributed by atoms with Gasteiger partial charge < -0.3 is 14.8 Å². The molecule has 0 aliphatic carbocycles. The molecule has 4 aromatic heterocycles. The number of aromatic hydroxyl groups is 1. The largest absolute Gasteiger partial charge is 0.494 e. The lowest BCUT2D eigenvalue weighted by molar-refractivity contribution is 0.104. The number of anilines is 1. The number of amides is 1. The fourth-order valence-electron chi connectivity index (χ4n) is 3.38. The first-order valence-corrected chi connectivity index (χ1v) is 10.1. The first kappa shape index (κ1) is 18.8. The van der Waals surface area contributed by atoms with Crippen molar-refractivity contribution in [2.24, 2.45) is 0 Å². The van der Waals surface area contributed by atoms with Gasteiger partial charge >= 0.3 is 6.03 Å². The summed E-state index contributed by atoms with van der Waals surface area (Å²) in [6.07, 6.45) is 5.75. The number of furan rings is 1. The van der Waals surface area contributed by atoms with Gasteiger partial charge in [-0.15, -0.1) is 11.3 Å². The van der Waals surface area contributed by atoms with Crippen molar-refractivity contribution >= 4 is 39.7 Å². The van der Waals surface area contributed by atoms with Crippen molar-refractivity contribution in [2.75, 3.05) is 5.32 Å². The predicted octanol–water partition coefficient (Wildman–Crippen LogP) is 4.77. The Morgan fingerprint density at radius 2 is 1.94 bits per heavy atom. The number of hydrogen-bond acceptors (Lipinski definition) is 7. The van der Waals surface area contributed by atoms with Crippen LogP contribution in [0.25, 0.3) is 22.2 Å². The summed E-state index contributed by atoms with van der Waals surface area (Å²) in [7, 11) is 0. The molecular formula is C22H14N4O4S. The second-order valence-corrected chi connectivity index (χ2v) is 7.55. The standard InChI is InChI=1S/C22H14N4O4S/c27-20(18-4-2-8-31-18)19-15-9-13(17-3-1-7-30-17)5-6-16(15)26(21(19)28)22(29)25-14-10-23-12-24-11-14/h1-12,28H,(H,25,29). The quantitative estimate of drug-likeness (QED) is 0.398. The average molecular weight is 430 g/mol. The number of rotatable bonds is 4. The minimum absolute atomic E-state index is 0.0466. The third-order valence-electron chi connectivity index (χ3n) is 4.73. The van der Waals surface area contributed by atoms with E-state index in [1.807, 2.05) is 0 Å². The SMILES string of the molecule is O=C(c1cccs1)c1c(O)n(C(=O)Nc2cncnc2)c2ccc(-c3ccco3)cc12. The highest BCUT2D eigenvalue weighted by Gasteiger charge is 2.27. The lowest BCUT2D eigenvalue weighted by Gasteiger charge is -2.08. The summed E-state index contributed by atoms with van der Waals surface area (Å²) in [4.78, 5) is 34.4. The van der Waals surface area contributed by atoms with Crippen LogP contribution in [0.4, 0.5) is 10.5 Å². The number of fused-ring (bicyclic) bond motifs is 1. The molecule has 1 aromatic carbocycles. The summed E-state index contributed by atoms with van der Waals surface area (Å²) in [6.45, 7) is 0. The van der Waals surface area contributed by atoms with Gasteiger partial charge in [0.1, 0.15) is 12.1 Å². The van der Waals surface area contributed by atoms with E-state index in [0.717, 1.165) is 4.57 Å². The molecule has 31 heavy (non-hydrogen) atoms. The van der Waals surface area contributed by atoms with Crippen LogP contribution in [0.2, 0.25) is 0 Å². The Balaban J connectivity index is 1.69. The molecule has 5 rings (SSSR count). The second kappa shape index (κ2) is 7.54. The van der Waals surface area contributed by atoms with E-state index < -0.39 is 11.9 Å². The number of thiophene rings is 1. The number of aromatic nitrogens is 3. The van der Waals surface area contributed by atoms with Crippen LogP contribution in [0.1, 0.15) is 15.2 Å².